The number of hydrogen-bond acceptors (Lipinski definition) is 3. The van der Waals surface area contributed by atoms with Gasteiger partial charge in [0.25, 0.3) is 5.91 Å². The molecule has 0 radical (unpaired) electrons. The zero-order valence-electron chi connectivity index (χ0n) is 17.1. The average molecular weight is 413 g/mol. The number of carbonyl (C=O) groups is 2. The maximum atomic E-state index is 13.1. The van der Waals surface area contributed by atoms with Crippen molar-refractivity contribution >= 4 is 28.5 Å². The van der Waals surface area contributed by atoms with Gasteiger partial charge >= 0.3 is 5.97 Å². The molecule has 1 aromatic heterocycles. The SMILES string of the molecule is Cc1c[nH]c2cc(C(=O)Nc3ccccc3CC(=O)O)cc(-c3cccc(CN)c3)c12. The first-order valence-electron chi connectivity index (χ1n) is 9.98. The minimum atomic E-state index is -0.952. The Kier molecular flexibility index (Phi) is 5.56. The van der Waals surface area contributed by atoms with Crippen LogP contribution in [-0.4, -0.2) is 22.0 Å². The monoisotopic (exact) mass is 413 g/mol. The Labute approximate surface area is 179 Å². The lowest BCUT2D eigenvalue weighted by atomic mass is 9.95. The van der Waals surface area contributed by atoms with Gasteiger partial charge in [-0.2, -0.15) is 0 Å². The number of H-pyrrole nitrogens is 1. The summed E-state index contributed by atoms with van der Waals surface area (Å²) < 4.78 is 0. The topological polar surface area (TPSA) is 108 Å². The molecule has 31 heavy (non-hydrogen) atoms. The van der Waals surface area contributed by atoms with Crippen LogP contribution in [-0.2, 0) is 17.8 Å². The molecule has 0 unspecified atom stereocenters. The van der Waals surface area contributed by atoms with Gasteiger partial charge in [-0.05, 0) is 59.0 Å². The van der Waals surface area contributed by atoms with Gasteiger partial charge in [0.2, 0.25) is 0 Å². The van der Waals surface area contributed by atoms with Crippen LogP contribution < -0.4 is 11.1 Å². The van der Waals surface area contributed by atoms with Crippen molar-refractivity contribution in [1.29, 1.82) is 0 Å². The summed E-state index contributed by atoms with van der Waals surface area (Å²) in [6.45, 7) is 2.46. The molecular weight excluding hydrogens is 390 g/mol. The molecular formula is C25H23N3O3. The molecule has 0 aliphatic heterocycles. The van der Waals surface area contributed by atoms with E-state index in [0.717, 1.165) is 33.2 Å². The molecule has 5 N–H and O–H groups in total. The quantitative estimate of drug-likeness (QED) is 0.374. The van der Waals surface area contributed by atoms with Crippen LogP contribution in [0.2, 0.25) is 0 Å². The fourth-order valence-electron chi connectivity index (χ4n) is 3.82. The molecule has 0 saturated carbocycles. The highest BCUT2D eigenvalue weighted by Gasteiger charge is 2.16. The molecule has 0 aliphatic rings. The molecule has 0 aliphatic carbocycles. The number of aliphatic carboxylic acids is 1. The number of amides is 1. The van der Waals surface area contributed by atoms with Crippen LogP contribution >= 0.6 is 0 Å². The first-order chi connectivity index (χ1) is 15.0. The molecule has 0 atom stereocenters. The van der Waals surface area contributed by atoms with Crippen molar-refractivity contribution in [2.24, 2.45) is 5.73 Å². The Morgan fingerprint density at radius 1 is 1.06 bits per heavy atom. The first kappa shape index (κ1) is 20.4. The predicted octanol–water partition coefficient (Wildman–Crippen LogP) is 4.48. The average Bonchev–Trinajstić information content (AvgIpc) is 3.15. The second-order valence-electron chi connectivity index (χ2n) is 7.50. The summed E-state index contributed by atoms with van der Waals surface area (Å²) in [5.41, 5.74) is 12.2. The molecule has 6 heteroatoms. The van der Waals surface area contributed by atoms with Crippen LogP contribution in [0.3, 0.4) is 0 Å². The highest BCUT2D eigenvalue weighted by atomic mass is 16.4. The number of nitrogens with one attached hydrogen (secondary N) is 2. The van der Waals surface area contributed by atoms with Crippen LogP contribution in [0.5, 0.6) is 0 Å². The second kappa shape index (κ2) is 8.45. The van der Waals surface area contributed by atoms with E-state index in [9.17, 15) is 9.59 Å². The van der Waals surface area contributed by atoms with E-state index in [1.54, 1.807) is 24.3 Å². The van der Waals surface area contributed by atoms with E-state index in [-0.39, 0.29) is 12.3 Å². The summed E-state index contributed by atoms with van der Waals surface area (Å²) in [6.07, 6.45) is 1.76. The molecule has 0 spiro atoms. The van der Waals surface area contributed by atoms with Crippen molar-refractivity contribution in [2.45, 2.75) is 19.9 Å². The number of aryl methyl sites for hydroxylation is 1. The Bertz CT molecular complexity index is 1290. The van der Waals surface area contributed by atoms with E-state index in [4.69, 9.17) is 10.8 Å². The number of carbonyl (C=O) groups excluding carboxylic acids is 1. The first-order valence-corrected chi connectivity index (χ1v) is 9.98. The van der Waals surface area contributed by atoms with Crippen molar-refractivity contribution < 1.29 is 14.7 Å². The largest absolute Gasteiger partial charge is 0.481 e. The number of carboxylic acid groups (broad SMARTS) is 1. The molecule has 0 fully saturated rings. The number of anilines is 1. The van der Waals surface area contributed by atoms with Crippen LogP contribution in [0, 0.1) is 6.92 Å². The van der Waals surface area contributed by atoms with E-state index in [1.165, 1.54) is 0 Å². The third kappa shape index (κ3) is 4.20. The van der Waals surface area contributed by atoms with Crippen molar-refractivity contribution in [3.05, 3.63) is 89.1 Å². The van der Waals surface area contributed by atoms with Gasteiger partial charge in [-0.1, -0.05) is 36.4 Å². The van der Waals surface area contributed by atoms with Gasteiger partial charge < -0.3 is 21.1 Å². The molecule has 1 heterocycles. The minimum absolute atomic E-state index is 0.164. The van der Waals surface area contributed by atoms with Gasteiger partial charge in [-0.3, -0.25) is 9.59 Å². The Morgan fingerprint density at radius 3 is 2.65 bits per heavy atom. The molecule has 6 nitrogen and oxygen atoms in total. The normalized spacial score (nSPS) is 10.9. The maximum Gasteiger partial charge on any atom is 0.307 e. The number of carboxylic acids is 1. The molecule has 0 saturated heterocycles. The number of benzene rings is 3. The van der Waals surface area contributed by atoms with Crippen LogP contribution in [0.4, 0.5) is 5.69 Å². The zero-order valence-corrected chi connectivity index (χ0v) is 17.1. The van der Waals surface area contributed by atoms with Crippen molar-refractivity contribution in [3.63, 3.8) is 0 Å². The smallest absolute Gasteiger partial charge is 0.307 e. The fraction of sp³-hybridized carbons (Fsp3) is 0.120. The summed E-state index contributed by atoms with van der Waals surface area (Å²) in [6, 6.07) is 18.6. The summed E-state index contributed by atoms with van der Waals surface area (Å²) in [4.78, 5) is 27.5. The molecule has 4 aromatic rings. The summed E-state index contributed by atoms with van der Waals surface area (Å²) in [7, 11) is 0. The molecule has 1 amide bonds. The number of fused-ring (bicyclic) bond motifs is 1. The maximum absolute atomic E-state index is 13.1. The van der Waals surface area contributed by atoms with Crippen molar-refractivity contribution in [1.82, 2.24) is 4.98 Å². The van der Waals surface area contributed by atoms with Crippen molar-refractivity contribution in [2.75, 3.05) is 5.32 Å². The zero-order chi connectivity index (χ0) is 22.0. The Morgan fingerprint density at radius 2 is 1.87 bits per heavy atom. The highest BCUT2D eigenvalue weighted by molar-refractivity contribution is 6.10. The third-order valence-corrected chi connectivity index (χ3v) is 5.32. The lowest BCUT2D eigenvalue weighted by molar-refractivity contribution is -0.136. The van der Waals surface area contributed by atoms with Crippen LogP contribution in [0.1, 0.15) is 27.0 Å². The van der Waals surface area contributed by atoms with Gasteiger partial charge in [0.1, 0.15) is 0 Å². The summed E-state index contributed by atoms with van der Waals surface area (Å²) in [5.74, 6) is -1.25. The predicted molar refractivity (Wildman–Crippen MR) is 122 cm³/mol. The number of hydrogen-bond donors (Lipinski definition) is 4. The van der Waals surface area contributed by atoms with Gasteiger partial charge in [-0.15, -0.1) is 0 Å². The molecule has 0 bridgehead atoms. The van der Waals surface area contributed by atoms with Gasteiger partial charge in [0.05, 0.1) is 6.42 Å². The number of aromatic nitrogens is 1. The van der Waals surface area contributed by atoms with E-state index >= 15 is 0 Å². The van der Waals surface area contributed by atoms with E-state index in [1.807, 2.05) is 49.5 Å². The van der Waals surface area contributed by atoms with Crippen LogP contribution in [0.25, 0.3) is 22.0 Å². The lowest BCUT2D eigenvalue weighted by Gasteiger charge is -2.12. The summed E-state index contributed by atoms with van der Waals surface area (Å²) in [5, 5.41) is 13.1. The number of rotatable bonds is 6. The number of aromatic amines is 1. The lowest BCUT2D eigenvalue weighted by Crippen LogP contribution is -2.14. The number of para-hydroxylation sites is 1. The summed E-state index contributed by atoms with van der Waals surface area (Å²) >= 11 is 0. The van der Waals surface area contributed by atoms with Crippen molar-refractivity contribution in [3.8, 4) is 11.1 Å². The van der Waals surface area contributed by atoms with Gasteiger partial charge in [0.15, 0.2) is 0 Å². The fourth-order valence-corrected chi connectivity index (χ4v) is 3.82. The standard InChI is InChI=1S/C25H23N3O3/c1-15-14-27-22-11-19(10-20(24(15)22)17-7-4-5-16(9-17)13-26)25(31)28-21-8-3-2-6-18(21)12-23(29)30/h2-11,14,27H,12-13,26H2,1H3,(H,28,31)(H,29,30). The molecule has 3 aromatic carbocycles. The van der Waals surface area contributed by atoms with E-state index in [0.29, 0.717) is 23.4 Å². The van der Waals surface area contributed by atoms with E-state index in [2.05, 4.69) is 10.3 Å². The number of nitrogens with two attached hydrogens (primary N) is 1. The van der Waals surface area contributed by atoms with Gasteiger partial charge in [-0.25, -0.2) is 0 Å². The third-order valence-electron chi connectivity index (χ3n) is 5.32. The highest BCUT2D eigenvalue weighted by Crippen LogP contribution is 2.33. The van der Waals surface area contributed by atoms with E-state index < -0.39 is 5.97 Å². The van der Waals surface area contributed by atoms with Crippen LogP contribution in [0.15, 0.2) is 66.9 Å². The molecule has 4 rings (SSSR count). The molecule has 156 valence electrons. The Balaban J connectivity index is 1.77. The minimum Gasteiger partial charge on any atom is -0.481 e. The Hall–Kier alpha value is -3.90. The second-order valence-corrected chi connectivity index (χ2v) is 7.50. The van der Waals surface area contributed by atoms with Gasteiger partial charge in [0, 0.05) is 34.9 Å².